The highest BCUT2D eigenvalue weighted by Gasteiger charge is 2.43. The summed E-state index contributed by atoms with van der Waals surface area (Å²) in [6.07, 6.45) is 3.08. The van der Waals surface area contributed by atoms with E-state index in [-0.39, 0.29) is 17.5 Å². The highest BCUT2D eigenvalue weighted by atomic mass is 16.5. The molecule has 0 aromatic heterocycles. The van der Waals surface area contributed by atoms with Gasteiger partial charge in [0.2, 0.25) is 0 Å². The number of amides is 1. The molecule has 134 valence electrons. The van der Waals surface area contributed by atoms with Crippen LogP contribution in [0.2, 0.25) is 0 Å². The topological polar surface area (TPSA) is 49.8 Å². The van der Waals surface area contributed by atoms with Crippen LogP contribution in [0.3, 0.4) is 0 Å². The van der Waals surface area contributed by atoms with E-state index in [4.69, 9.17) is 4.74 Å². The first kappa shape index (κ1) is 18.8. The Morgan fingerprint density at radius 2 is 2.04 bits per heavy atom. The molecule has 1 unspecified atom stereocenters. The number of nitrogens with zero attached hydrogens (tertiary/aromatic N) is 1. The molecule has 2 rings (SSSR count). The maximum atomic E-state index is 12.0. The standard InChI is InChI=1S/C20H31NO3/c1-14-8-9-15(7-6-12-24-5)13-17(14)18(20(2,3)4)21(19(22)23)16-10-11-16/h8-9,13,16,18H,6-7,10-12H2,1-5H3,(H,22,23). The minimum absolute atomic E-state index is 0.120. The van der Waals surface area contributed by atoms with Crippen molar-refractivity contribution in [1.29, 1.82) is 0 Å². The van der Waals surface area contributed by atoms with Crippen LogP contribution >= 0.6 is 0 Å². The minimum Gasteiger partial charge on any atom is -0.465 e. The van der Waals surface area contributed by atoms with Crippen LogP contribution in [0.15, 0.2) is 18.2 Å². The first-order valence-corrected chi connectivity index (χ1v) is 8.85. The Labute approximate surface area is 145 Å². The molecule has 4 heteroatoms. The van der Waals surface area contributed by atoms with Gasteiger partial charge >= 0.3 is 6.09 Å². The SMILES string of the molecule is COCCCc1ccc(C)c(C(N(C(=O)O)C2CC2)C(C)(C)C)c1. The van der Waals surface area contributed by atoms with E-state index in [1.54, 1.807) is 12.0 Å². The van der Waals surface area contributed by atoms with E-state index in [0.29, 0.717) is 0 Å². The fourth-order valence-corrected chi connectivity index (χ4v) is 3.42. The summed E-state index contributed by atoms with van der Waals surface area (Å²) in [7, 11) is 1.72. The number of hydrogen-bond acceptors (Lipinski definition) is 2. The Morgan fingerprint density at radius 1 is 1.38 bits per heavy atom. The third-order valence-corrected chi connectivity index (χ3v) is 4.71. The predicted octanol–water partition coefficient (Wildman–Crippen LogP) is 4.80. The van der Waals surface area contributed by atoms with Crippen molar-refractivity contribution in [3.05, 3.63) is 34.9 Å². The lowest BCUT2D eigenvalue weighted by Crippen LogP contribution is -2.42. The second kappa shape index (κ2) is 7.56. The Balaban J connectivity index is 2.38. The van der Waals surface area contributed by atoms with Gasteiger partial charge in [0, 0.05) is 19.8 Å². The normalized spacial score (nSPS) is 16.0. The number of carboxylic acid groups (broad SMARTS) is 1. The maximum absolute atomic E-state index is 12.0. The summed E-state index contributed by atoms with van der Waals surface area (Å²) in [6, 6.07) is 6.53. The number of methoxy groups -OCH3 is 1. The molecule has 1 fully saturated rings. The molecule has 4 nitrogen and oxygen atoms in total. The van der Waals surface area contributed by atoms with Crippen molar-refractivity contribution in [1.82, 2.24) is 4.90 Å². The molecular weight excluding hydrogens is 302 g/mol. The molecule has 0 spiro atoms. The van der Waals surface area contributed by atoms with Crippen molar-refractivity contribution < 1.29 is 14.6 Å². The zero-order valence-corrected chi connectivity index (χ0v) is 15.6. The molecule has 24 heavy (non-hydrogen) atoms. The molecule has 1 atom stereocenters. The van der Waals surface area contributed by atoms with E-state index in [0.717, 1.165) is 43.4 Å². The van der Waals surface area contributed by atoms with Gasteiger partial charge in [0.25, 0.3) is 0 Å². The van der Waals surface area contributed by atoms with Crippen LogP contribution < -0.4 is 0 Å². The number of carbonyl (C=O) groups is 1. The number of rotatable bonds is 7. The Bertz CT molecular complexity index is 573. The van der Waals surface area contributed by atoms with Gasteiger partial charge in [-0.1, -0.05) is 39.0 Å². The first-order valence-electron chi connectivity index (χ1n) is 8.85. The summed E-state index contributed by atoms with van der Waals surface area (Å²) in [5.41, 5.74) is 3.41. The molecule has 1 saturated carbocycles. The van der Waals surface area contributed by atoms with Gasteiger partial charge in [-0.2, -0.15) is 0 Å². The largest absolute Gasteiger partial charge is 0.465 e. The smallest absolute Gasteiger partial charge is 0.408 e. The van der Waals surface area contributed by atoms with Gasteiger partial charge < -0.3 is 9.84 Å². The van der Waals surface area contributed by atoms with E-state index < -0.39 is 6.09 Å². The summed E-state index contributed by atoms with van der Waals surface area (Å²) in [6.45, 7) is 9.22. The summed E-state index contributed by atoms with van der Waals surface area (Å²) in [4.78, 5) is 13.7. The third-order valence-electron chi connectivity index (χ3n) is 4.71. The fourth-order valence-electron chi connectivity index (χ4n) is 3.42. The van der Waals surface area contributed by atoms with Gasteiger partial charge in [0.05, 0.1) is 6.04 Å². The summed E-state index contributed by atoms with van der Waals surface area (Å²) in [5.74, 6) is 0. The molecule has 0 bridgehead atoms. The van der Waals surface area contributed by atoms with Crippen molar-refractivity contribution in [3.8, 4) is 0 Å². The molecule has 0 heterocycles. The van der Waals surface area contributed by atoms with Gasteiger partial charge in [0.1, 0.15) is 0 Å². The maximum Gasteiger partial charge on any atom is 0.408 e. The van der Waals surface area contributed by atoms with Crippen LogP contribution in [0.5, 0.6) is 0 Å². The molecule has 0 saturated heterocycles. The van der Waals surface area contributed by atoms with Crippen LogP contribution in [0, 0.1) is 12.3 Å². The lowest BCUT2D eigenvalue weighted by Gasteiger charge is -2.40. The van der Waals surface area contributed by atoms with E-state index in [1.807, 2.05) is 0 Å². The molecule has 1 N–H and O–H groups in total. The monoisotopic (exact) mass is 333 g/mol. The average molecular weight is 333 g/mol. The average Bonchev–Trinajstić information content (AvgIpc) is 3.30. The zero-order chi connectivity index (χ0) is 17.9. The predicted molar refractivity (Wildman–Crippen MR) is 96.5 cm³/mol. The molecule has 1 aliphatic carbocycles. The zero-order valence-electron chi connectivity index (χ0n) is 15.6. The van der Waals surface area contributed by atoms with Crippen LogP contribution in [0.1, 0.15) is 62.8 Å². The molecule has 1 aromatic rings. The number of ether oxygens (including phenoxy) is 1. The van der Waals surface area contributed by atoms with Crippen molar-refractivity contribution >= 4 is 6.09 Å². The van der Waals surface area contributed by atoms with Crippen molar-refractivity contribution in [2.75, 3.05) is 13.7 Å². The Morgan fingerprint density at radius 3 is 2.54 bits per heavy atom. The molecule has 0 aliphatic heterocycles. The molecule has 1 aliphatic rings. The van der Waals surface area contributed by atoms with Crippen LogP contribution in [-0.4, -0.2) is 35.9 Å². The van der Waals surface area contributed by atoms with Crippen LogP contribution in [0.25, 0.3) is 0 Å². The number of hydrogen-bond donors (Lipinski definition) is 1. The Kier molecular flexibility index (Phi) is 5.92. The minimum atomic E-state index is -0.804. The lowest BCUT2D eigenvalue weighted by molar-refractivity contribution is 0.0764. The highest BCUT2D eigenvalue weighted by Crippen LogP contribution is 2.45. The van der Waals surface area contributed by atoms with E-state index in [2.05, 4.69) is 45.9 Å². The van der Waals surface area contributed by atoms with Gasteiger partial charge in [-0.25, -0.2) is 4.79 Å². The van der Waals surface area contributed by atoms with E-state index >= 15 is 0 Å². The van der Waals surface area contributed by atoms with Crippen LogP contribution in [0.4, 0.5) is 4.79 Å². The van der Waals surface area contributed by atoms with Crippen molar-refractivity contribution in [3.63, 3.8) is 0 Å². The van der Waals surface area contributed by atoms with Gasteiger partial charge in [0.15, 0.2) is 0 Å². The number of aryl methyl sites for hydroxylation is 2. The molecule has 1 amide bonds. The first-order chi connectivity index (χ1) is 11.3. The summed E-state index contributed by atoms with van der Waals surface area (Å²) < 4.78 is 5.14. The van der Waals surface area contributed by atoms with Crippen LogP contribution in [-0.2, 0) is 11.2 Å². The highest BCUT2D eigenvalue weighted by molar-refractivity contribution is 5.67. The summed E-state index contributed by atoms with van der Waals surface area (Å²) in [5, 5.41) is 9.82. The quantitative estimate of drug-likeness (QED) is 0.729. The fraction of sp³-hybridized carbons (Fsp3) is 0.650. The molecule has 0 radical (unpaired) electrons. The van der Waals surface area contributed by atoms with Gasteiger partial charge in [-0.15, -0.1) is 0 Å². The molecular formula is C20H31NO3. The van der Waals surface area contributed by atoms with E-state index in [1.165, 1.54) is 5.56 Å². The lowest BCUT2D eigenvalue weighted by atomic mass is 9.79. The summed E-state index contributed by atoms with van der Waals surface area (Å²) >= 11 is 0. The van der Waals surface area contributed by atoms with E-state index in [9.17, 15) is 9.90 Å². The Hall–Kier alpha value is -1.55. The van der Waals surface area contributed by atoms with Gasteiger partial charge in [-0.05, 0) is 54.7 Å². The van der Waals surface area contributed by atoms with Crippen molar-refractivity contribution in [2.24, 2.45) is 5.41 Å². The second-order valence-corrected chi connectivity index (χ2v) is 7.98. The number of benzene rings is 1. The second-order valence-electron chi connectivity index (χ2n) is 7.98. The molecule has 1 aromatic carbocycles. The third kappa shape index (κ3) is 4.50. The van der Waals surface area contributed by atoms with Crippen molar-refractivity contribution in [2.45, 2.75) is 65.5 Å². The van der Waals surface area contributed by atoms with Gasteiger partial charge in [-0.3, -0.25) is 4.90 Å².